The molecule has 0 spiro atoms. The van der Waals surface area contributed by atoms with E-state index < -0.39 is 0 Å². The highest BCUT2D eigenvalue weighted by Gasteiger charge is 2.19. The molecule has 0 saturated heterocycles. The van der Waals surface area contributed by atoms with E-state index in [4.69, 9.17) is 4.98 Å². The monoisotopic (exact) mass is 653 g/mol. The second-order valence-corrected chi connectivity index (χ2v) is 12.8. The van der Waals surface area contributed by atoms with Crippen LogP contribution in [0.3, 0.4) is 0 Å². The fraction of sp³-hybridized carbons (Fsp3) is 0.0208. The van der Waals surface area contributed by atoms with Crippen LogP contribution in [0.25, 0.3) is 89.9 Å². The maximum absolute atomic E-state index is 5.20. The van der Waals surface area contributed by atoms with Crippen molar-refractivity contribution in [1.82, 2.24) is 14.1 Å². The highest BCUT2D eigenvalue weighted by Crippen LogP contribution is 2.39. The Balaban J connectivity index is 1.39. The predicted molar refractivity (Wildman–Crippen MR) is 217 cm³/mol. The molecule has 0 radical (unpaired) electrons. The third-order valence-electron chi connectivity index (χ3n) is 9.78. The minimum atomic E-state index is 0.936. The first kappa shape index (κ1) is 30.4. The number of rotatable bonds is 7. The van der Waals surface area contributed by atoms with Crippen molar-refractivity contribution < 1.29 is 0 Å². The summed E-state index contributed by atoms with van der Waals surface area (Å²) in [6.07, 6.45) is 6.28. The molecule has 0 atom stereocenters. The highest BCUT2D eigenvalue weighted by molar-refractivity contribution is 6.09. The lowest BCUT2D eigenvalue weighted by atomic mass is 9.99. The van der Waals surface area contributed by atoms with Gasteiger partial charge in [-0.25, -0.2) is 4.98 Å². The van der Waals surface area contributed by atoms with Crippen LogP contribution in [0.4, 0.5) is 0 Å². The molecule has 0 aliphatic carbocycles. The summed E-state index contributed by atoms with van der Waals surface area (Å²) >= 11 is 0. The first-order valence-electron chi connectivity index (χ1n) is 17.4. The molecule has 3 nitrogen and oxygen atoms in total. The van der Waals surface area contributed by atoms with E-state index in [1.165, 1.54) is 27.2 Å². The fourth-order valence-corrected chi connectivity index (χ4v) is 7.53. The van der Waals surface area contributed by atoms with Crippen LogP contribution < -0.4 is 0 Å². The number of nitrogens with zero attached hydrogens (tertiary/aromatic N) is 3. The van der Waals surface area contributed by atoms with Gasteiger partial charge in [-0.1, -0.05) is 134 Å². The third-order valence-corrected chi connectivity index (χ3v) is 9.78. The molecule has 242 valence electrons. The smallest absolute Gasteiger partial charge is 0.0715 e. The third kappa shape index (κ3) is 5.19. The average Bonchev–Trinajstić information content (AvgIpc) is 3.70. The summed E-state index contributed by atoms with van der Waals surface area (Å²) in [5, 5.41) is 3.64. The van der Waals surface area contributed by atoms with Gasteiger partial charge in [0.2, 0.25) is 0 Å². The molecular formula is C48H35N3. The zero-order valence-electron chi connectivity index (χ0n) is 28.4. The molecular weight excluding hydrogens is 619 g/mol. The average molecular weight is 654 g/mol. The van der Waals surface area contributed by atoms with Crippen LogP contribution >= 0.6 is 0 Å². The summed E-state index contributed by atoms with van der Waals surface area (Å²) in [5.41, 5.74) is 14.1. The second-order valence-electron chi connectivity index (χ2n) is 12.8. The lowest BCUT2D eigenvalue weighted by molar-refractivity contribution is 1.09. The molecule has 6 aromatic carbocycles. The Hall–Kier alpha value is -6.71. The van der Waals surface area contributed by atoms with E-state index in [0.717, 1.165) is 61.8 Å². The number of fused-ring (bicyclic) bond motifs is 4. The molecule has 0 saturated carbocycles. The number of para-hydroxylation sites is 3. The van der Waals surface area contributed by atoms with Crippen molar-refractivity contribution in [2.24, 2.45) is 0 Å². The van der Waals surface area contributed by atoms with Crippen LogP contribution in [-0.4, -0.2) is 14.1 Å². The predicted octanol–water partition coefficient (Wildman–Crippen LogP) is 12.8. The van der Waals surface area contributed by atoms with Gasteiger partial charge >= 0.3 is 0 Å². The van der Waals surface area contributed by atoms with E-state index >= 15 is 0 Å². The second kappa shape index (κ2) is 12.6. The zero-order valence-corrected chi connectivity index (χ0v) is 28.4. The summed E-state index contributed by atoms with van der Waals surface area (Å²) in [4.78, 5) is 5.20. The first-order chi connectivity index (χ1) is 25.2. The van der Waals surface area contributed by atoms with Crippen LogP contribution in [0.2, 0.25) is 0 Å². The fourth-order valence-electron chi connectivity index (χ4n) is 7.53. The lowest BCUT2D eigenvalue weighted by Crippen LogP contribution is -2.02. The summed E-state index contributed by atoms with van der Waals surface area (Å²) in [5.74, 6) is 0. The van der Waals surface area contributed by atoms with Gasteiger partial charge in [-0.2, -0.15) is 0 Å². The Morgan fingerprint density at radius 2 is 0.922 bits per heavy atom. The number of hydrogen-bond acceptors (Lipinski definition) is 1. The quantitative estimate of drug-likeness (QED) is 0.168. The molecule has 0 aliphatic rings. The number of hydrogen-bond donors (Lipinski definition) is 0. The summed E-state index contributed by atoms with van der Waals surface area (Å²) in [6.45, 7) is 6.31. The largest absolute Gasteiger partial charge is 0.309 e. The number of aromatic nitrogens is 3. The molecule has 9 aromatic rings. The summed E-state index contributed by atoms with van der Waals surface area (Å²) in [6, 6.07) is 58.4. The van der Waals surface area contributed by atoms with Crippen molar-refractivity contribution in [3.63, 3.8) is 0 Å². The van der Waals surface area contributed by atoms with Crippen molar-refractivity contribution in [2.75, 3.05) is 0 Å². The Bertz CT molecular complexity index is 2650. The van der Waals surface area contributed by atoms with Crippen molar-refractivity contribution >= 4 is 44.9 Å². The lowest BCUT2D eigenvalue weighted by Gasteiger charge is -2.17. The van der Waals surface area contributed by atoms with Crippen molar-refractivity contribution in [3.05, 3.63) is 188 Å². The normalized spacial score (nSPS) is 11.6. The SMILES string of the molecule is C=Cc1c(/C=C\C)n(-c2cc(-c3cc(-c4ccccc4)nc(-c4ccccc4)c3)cc(-n3c4ccccc4c4ccccc43)c2)c2ccccc12. The van der Waals surface area contributed by atoms with E-state index in [-0.39, 0.29) is 0 Å². The van der Waals surface area contributed by atoms with Gasteiger partial charge < -0.3 is 9.13 Å². The molecule has 0 fully saturated rings. The van der Waals surface area contributed by atoms with E-state index in [9.17, 15) is 0 Å². The number of allylic oxidation sites excluding steroid dienone is 1. The van der Waals surface area contributed by atoms with Crippen LogP contribution in [0.15, 0.2) is 176 Å². The van der Waals surface area contributed by atoms with Gasteiger partial charge in [-0.05, 0) is 72.7 Å². The molecule has 3 aromatic heterocycles. The Morgan fingerprint density at radius 1 is 0.471 bits per heavy atom. The van der Waals surface area contributed by atoms with E-state index in [2.05, 4.69) is 186 Å². The molecule has 51 heavy (non-hydrogen) atoms. The molecule has 0 unspecified atom stereocenters. The molecule has 3 heteroatoms. The highest BCUT2D eigenvalue weighted by atomic mass is 15.0. The van der Waals surface area contributed by atoms with E-state index in [1.54, 1.807) is 0 Å². The van der Waals surface area contributed by atoms with Crippen molar-refractivity contribution in [2.45, 2.75) is 6.92 Å². The van der Waals surface area contributed by atoms with Crippen LogP contribution in [0, 0.1) is 0 Å². The minimum absolute atomic E-state index is 0.936. The summed E-state index contributed by atoms with van der Waals surface area (Å²) < 4.78 is 4.79. The first-order valence-corrected chi connectivity index (χ1v) is 17.4. The summed E-state index contributed by atoms with van der Waals surface area (Å²) in [7, 11) is 0. The van der Waals surface area contributed by atoms with Gasteiger partial charge in [0.1, 0.15) is 0 Å². The minimum Gasteiger partial charge on any atom is -0.309 e. The molecule has 0 N–H and O–H groups in total. The van der Waals surface area contributed by atoms with Gasteiger partial charge in [-0.3, -0.25) is 0 Å². The van der Waals surface area contributed by atoms with Gasteiger partial charge in [0.05, 0.1) is 33.6 Å². The molecule has 0 bridgehead atoms. The van der Waals surface area contributed by atoms with E-state index in [0.29, 0.717) is 0 Å². The molecule has 3 heterocycles. The van der Waals surface area contributed by atoms with Crippen LogP contribution in [-0.2, 0) is 0 Å². The maximum Gasteiger partial charge on any atom is 0.0715 e. The van der Waals surface area contributed by atoms with Crippen molar-refractivity contribution in [1.29, 1.82) is 0 Å². The van der Waals surface area contributed by atoms with Gasteiger partial charge in [0.25, 0.3) is 0 Å². The standard InChI is InChI=1S/C48H35N3/c1-3-17-45-39(4-2)40-22-11-14-25-46(40)50(45)37-28-35(29-38(32-37)51-47-26-15-12-23-41(47)42-24-13-16-27-48(42)51)36-30-43(33-18-7-5-8-19-33)49-44(31-36)34-20-9-6-10-21-34/h3-32H,2H2,1H3/b17-3-. The van der Waals surface area contributed by atoms with Gasteiger partial charge in [0, 0.05) is 44.2 Å². The zero-order chi connectivity index (χ0) is 34.3. The van der Waals surface area contributed by atoms with Crippen molar-refractivity contribution in [3.8, 4) is 45.0 Å². The van der Waals surface area contributed by atoms with Gasteiger partial charge in [0.15, 0.2) is 0 Å². The molecule has 0 aliphatic heterocycles. The number of pyridine rings is 1. The van der Waals surface area contributed by atoms with Crippen LogP contribution in [0.5, 0.6) is 0 Å². The molecule has 0 amide bonds. The Morgan fingerprint density at radius 3 is 1.45 bits per heavy atom. The Labute approximate surface area is 297 Å². The van der Waals surface area contributed by atoms with Gasteiger partial charge in [-0.15, -0.1) is 0 Å². The van der Waals surface area contributed by atoms with Crippen LogP contribution in [0.1, 0.15) is 18.2 Å². The van der Waals surface area contributed by atoms with E-state index in [1.807, 2.05) is 18.2 Å². The number of benzene rings is 6. The molecule has 9 rings (SSSR count). The maximum atomic E-state index is 5.20. The topological polar surface area (TPSA) is 22.8 Å². The Kier molecular flexibility index (Phi) is 7.52.